The van der Waals surface area contributed by atoms with Gasteiger partial charge in [-0.15, -0.1) is 0 Å². The van der Waals surface area contributed by atoms with Gasteiger partial charge in [-0.3, -0.25) is 0 Å². The Kier molecular flexibility index (Phi) is 2.15. The van der Waals surface area contributed by atoms with Crippen LogP contribution in [0.4, 0.5) is 5.69 Å². The minimum Gasteiger partial charge on any atom is -0.398 e. The standard InChI is InChI=1S/C16H15N3/c17-14-8-16-18-15(12-4-2-1-3-5-12)10-19(16)9-13(14)11-6-7-11/h1-5,8-11H,6-7,17H2. The number of nitrogen functional groups attached to an aromatic ring is 1. The molecule has 3 heteroatoms. The van der Waals surface area contributed by atoms with Crippen molar-refractivity contribution < 1.29 is 0 Å². The summed E-state index contributed by atoms with van der Waals surface area (Å²) in [5.41, 5.74) is 11.3. The van der Waals surface area contributed by atoms with E-state index in [1.807, 2.05) is 24.3 Å². The number of fused-ring (bicyclic) bond motifs is 1. The van der Waals surface area contributed by atoms with Crippen LogP contribution in [0.2, 0.25) is 0 Å². The Morgan fingerprint density at radius 2 is 1.89 bits per heavy atom. The molecular weight excluding hydrogens is 234 g/mol. The summed E-state index contributed by atoms with van der Waals surface area (Å²) in [6.45, 7) is 0. The number of hydrogen-bond donors (Lipinski definition) is 1. The predicted octanol–water partition coefficient (Wildman–Crippen LogP) is 3.46. The second-order valence-corrected chi connectivity index (χ2v) is 5.22. The first-order chi connectivity index (χ1) is 9.31. The lowest BCUT2D eigenvalue weighted by molar-refractivity contribution is 1.07. The van der Waals surface area contributed by atoms with Crippen molar-refractivity contribution in [2.75, 3.05) is 5.73 Å². The minimum atomic E-state index is 0.659. The van der Waals surface area contributed by atoms with Gasteiger partial charge in [-0.1, -0.05) is 30.3 Å². The number of anilines is 1. The van der Waals surface area contributed by atoms with Crippen LogP contribution in [0.1, 0.15) is 24.3 Å². The molecule has 0 spiro atoms. The summed E-state index contributed by atoms with van der Waals surface area (Å²) in [5.74, 6) is 0.659. The molecule has 3 nitrogen and oxygen atoms in total. The van der Waals surface area contributed by atoms with Crippen molar-refractivity contribution in [3.8, 4) is 11.3 Å². The van der Waals surface area contributed by atoms with Crippen LogP contribution < -0.4 is 5.73 Å². The average molecular weight is 249 g/mol. The number of benzene rings is 1. The third-order valence-electron chi connectivity index (χ3n) is 3.74. The van der Waals surface area contributed by atoms with Gasteiger partial charge in [-0.25, -0.2) is 4.98 Å². The molecule has 0 saturated heterocycles. The molecule has 1 saturated carbocycles. The molecule has 1 aromatic carbocycles. The highest BCUT2D eigenvalue weighted by Gasteiger charge is 2.26. The monoisotopic (exact) mass is 249 g/mol. The molecule has 3 aromatic rings. The van der Waals surface area contributed by atoms with Crippen molar-refractivity contribution in [2.45, 2.75) is 18.8 Å². The van der Waals surface area contributed by atoms with E-state index in [1.165, 1.54) is 18.4 Å². The Labute approximate surface area is 111 Å². The first-order valence-electron chi connectivity index (χ1n) is 6.65. The molecule has 19 heavy (non-hydrogen) atoms. The third-order valence-corrected chi connectivity index (χ3v) is 3.74. The van der Waals surface area contributed by atoms with E-state index in [9.17, 15) is 0 Å². The molecule has 0 aliphatic heterocycles. The Morgan fingerprint density at radius 3 is 2.63 bits per heavy atom. The normalized spacial score (nSPS) is 14.9. The van der Waals surface area contributed by atoms with E-state index in [1.54, 1.807) is 0 Å². The van der Waals surface area contributed by atoms with Gasteiger partial charge in [0.1, 0.15) is 5.65 Å². The Hall–Kier alpha value is -2.29. The summed E-state index contributed by atoms with van der Waals surface area (Å²) in [6, 6.07) is 12.2. The summed E-state index contributed by atoms with van der Waals surface area (Å²) < 4.78 is 2.09. The Bertz CT molecular complexity index is 739. The molecule has 0 bridgehead atoms. The molecule has 2 aromatic heterocycles. The van der Waals surface area contributed by atoms with Crippen LogP contribution in [0.5, 0.6) is 0 Å². The highest BCUT2D eigenvalue weighted by atomic mass is 15.0. The fourth-order valence-electron chi connectivity index (χ4n) is 2.55. The maximum absolute atomic E-state index is 6.12. The summed E-state index contributed by atoms with van der Waals surface area (Å²) in [6.07, 6.45) is 6.74. The third kappa shape index (κ3) is 1.78. The smallest absolute Gasteiger partial charge is 0.139 e. The van der Waals surface area contributed by atoms with E-state index in [0.717, 1.165) is 22.6 Å². The molecule has 4 rings (SSSR count). The molecule has 1 fully saturated rings. The molecule has 0 atom stereocenters. The zero-order valence-corrected chi connectivity index (χ0v) is 10.6. The maximum atomic E-state index is 6.12. The van der Waals surface area contributed by atoms with E-state index in [-0.39, 0.29) is 0 Å². The Morgan fingerprint density at radius 1 is 1.11 bits per heavy atom. The number of imidazole rings is 1. The van der Waals surface area contributed by atoms with Gasteiger partial charge in [-0.2, -0.15) is 0 Å². The number of pyridine rings is 1. The van der Waals surface area contributed by atoms with Gasteiger partial charge in [-0.05, 0) is 24.3 Å². The quantitative estimate of drug-likeness (QED) is 0.755. The van der Waals surface area contributed by atoms with Crippen molar-refractivity contribution >= 4 is 11.3 Å². The van der Waals surface area contributed by atoms with Crippen LogP contribution in [0.25, 0.3) is 16.9 Å². The van der Waals surface area contributed by atoms with Crippen molar-refractivity contribution in [3.05, 3.63) is 54.4 Å². The summed E-state index contributed by atoms with van der Waals surface area (Å²) in [7, 11) is 0. The van der Waals surface area contributed by atoms with Gasteiger partial charge in [0.2, 0.25) is 0 Å². The van der Waals surface area contributed by atoms with Crippen LogP contribution in [-0.4, -0.2) is 9.38 Å². The van der Waals surface area contributed by atoms with Gasteiger partial charge in [0.15, 0.2) is 0 Å². The van der Waals surface area contributed by atoms with E-state index in [4.69, 9.17) is 5.73 Å². The lowest BCUT2D eigenvalue weighted by atomic mass is 10.1. The second-order valence-electron chi connectivity index (χ2n) is 5.22. The number of nitrogens with zero attached hydrogens (tertiary/aromatic N) is 2. The molecule has 0 amide bonds. The van der Waals surface area contributed by atoms with E-state index >= 15 is 0 Å². The number of hydrogen-bond acceptors (Lipinski definition) is 2. The predicted molar refractivity (Wildman–Crippen MR) is 77.0 cm³/mol. The number of aromatic nitrogens is 2. The van der Waals surface area contributed by atoms with Crippen LogP contribution in [0.3, 0.4) is 0 Å². The number of nitrogens with two attached hydrogens (primary N) is 1. The van der Waals surface area contributed by atoms with Crippen molar-refractivity contribution in [2.24, 2.45) is 0 Å². The van der Waals surface area contributed by atoms with Gasteiger partial charge in [0.05, 0.1) is 5.69 Å². The molecule has 2 heterocycles. The van der Waals surface area contributed by atoms with Crippen LogP contribution >= 0.6 is 0 Å². The summed E-state index contributed by atoms with van der Waals surface area (Å²) in [5, 5.41) is 0. The molecule has 2 N–H and O–H groups in total. The summed E-state index contributed by atoms with van der Waals surface area (Å²) in [4.78, 5) is 4.65. The second kappa shape index (κ2) is 3.85. The van der Waals surface area contributed by atoms with Gasteiger partial charge in [0, 0.05) is 29.7 Å². The molecule has 94 valence electrons. The first kappa shape index (κ1) is 10.6. The topological polar surface area (TPSA) is 43.3 Å². The summed E-state index contributed by atoms with van der Waals surface area (Å²) >= 11 is 0. The van der Waals surface area contributed by atoms with Crippen LogP contribution in [0, 0.1) is 0 Å². The largest absolute Gasteiger partial charge is 0.398 e. The Balaban J connectivity index is 1.87. The zero-order valence-electron chi connectivity index (χ0n) is 10.6. The lowest BCUT2D eigenvalue weighted by Gasteiger charge is -2.04. The molecule has 0 unspecified atom stereocenters. The van der Waals surface area contributed by atoms with Gasteiger partial charge < -0.3 is 10.1 Å². The molecule has 1 aliphatic carbocycles. The van der Waals surface area contributed by atoms with Crippen LogP contribution in [-0.2, 0) is 0 Å². The van der Waals surface area contributed by atoms with Crippen LogP contribution in [0.15, 0.2) is 48.8 Å². The maximum Gasteiger partial charge on any atom is 0.139 e. The molecule has 0 radical (unpaired) electrons. The van der Waals surface area contributed by atoms with Crippen molar-refractivity contribution in [3.63, 3.8) is 0 Å². The van der Waals surface area contributed by atoms with Crippen molar-refractivity contribution in [1.82, 2.24) is 9.38 Å². The highest BCUT2D eigenvalue weighted by Crippen LogP contribution is 2.42. The number of rotatable bonds is 2. The van der Waals surface area contributed by atoms with Gasteiger partial charge >= 0.3 is 0 Å². The van der Waals surface area contributed by atoms with E-state index in [0.29, 0.717) is 5.92 Å². The molecular formula is C16H15N3. The molecule has 1 aliphatic rings. The fraction of sp³-hybridized carbons (Fsp3) is 0.188. The first-order valence-corrected chi connectivity index (χ1v) is 6.65. The van der Waals surface area contributed by atoms with Crippen molar-refractivity contribution in [1.29, 1.82) is 0 Å². The van der Waals surface area contributed by atoms with E-state index < -0.39 is 0 Å². The zero-order chi connectivity index (χ0) is 12.8. The average Bonchev–Trinajstić information content (AvgIpc) is 3.19. The SMILES string of the molecule is Nc1cc2nc(-c3ccccc3)cn2cc1C1CC1. The minimum absolute atomic E-state index is 0.659. The fourth-order valence-corrected chi connectivity index (χ4v) is 2.55. The highest BCUT2D eigenvalue weighted by molar-refractivity contribution is 5.66. The lowest BCUT2D eigenvalue weighted by Crippen LogP contribution is -1.96. The van der Waals surface area contributed by atoms with Gasteiger partial charge in [0.25, 0.3) is 0 Å². The van der Waals surface area contributed by atoms with E-state index in [2.05, 4.69) is 33.9 Å².